The highest BCUT2D eigenvalue weighted by atomic mass is 32.2. The molecule has 1 aliphatic rings. The van der Waals surface area contributed by atoms with E-state index >= 15 is 0 Å². The van der Waals surface area contributed by atoms with Gasteiger partial charge < -0.3 is 5.32 Å². The SMILES string of the molecule is CSc1nccnc1CN(C)C1CCNCC1. The first kappa shape index (κ1) is 12.8. The minimum absolute atomic E-state index is 0.674. The molecule has 5 heteroatoms. The molecule has 0 radical (unpaired) electrons. The Bertz CT molecular complexity index is 352. The van der Waals surface area contributed by atoms with Gasteiger partial charge in [-0.15, -0.1) is 11.8 Å². The molecule has 2 heterocycles. The monoisotopic (exact) mass is 252 g/mol. The van der Waals surface area contributed by atoms with Gasteiger partial charge in [-0.25, -0.2) is 4.98 Å². The van der Waals surface area contributed by atoms with Crippen LogP contribution in [0.3, 0.4) is 0 Å². The van der Waals surface area contributed by atoms with Gasteiger partial charge in [-0.1, -0.05) is 0 Å². The molecule has 0 unspecified atom stereocenters. The average molecular weight is 252 g/mol. The molecule has 0 spiro atoms. The summed E-state index contributed by atoms with van der Waals surface area (Å²) in [5.41, 5.74) is 1.10. The molecule has 17 heavy (non-hydrogen) atoms. The Labute approximate surface area is 107 Å². The zero-order valence-electron chi connectivity index (χ0n) is 10.5. The van der Waals surface area contributed by atoms with Gasteiger partial charge in [0.05, 0.1) is 5.69 Å². The van der Waals surface area contributed by atoms with Crippen molar-refractivity contribution in [2.24, 2.45) is 0 Å². The Morgan fingerprint density at radius 3 is 2.76 bits per heavy atom. The number of nitrogens with zero attached hydrogens (tertiary/aromatic N) is 3. The van der Waals surface area contributed by atoms with E-state index in [1.807, 2.05) is 0 Å². The van der Waals surface area contributed by atoms with Gasteiger partial charge in [0.15, 0.2) is 0 Å². The lowest BCUT2D eigenvalue weighted by atomic mass is 10.1. The van der Waals surface area contributed by atoms with Gasteiger partial charge >= 0.3 is 0 Å². The number of piperidine rings is 1. The number of hydrogen-bond acceptors (Lipinski definition) is 5. The average Bonchev–Trinajstić information content (AvgIpc) is 2.40. The summed E-state index contributed by atoms with van der Waals surface area (Å²) >= 11 is 1.67. The summed E-state index contributed by atoms with van der Waals surface area (Å²) in [4.78, 5) is 11.2. The fourth-order valence-corrected chi connectivity index (χ4v) is 2.76. The van der Waals surface area contributed by atoms with Crippen LogP contribution < -0.4 is 5.32 Å². The van der Waals surface area contributed by atoms with Gasteiger partial charge in [0.2, 0.25) is 0 Å². The summed E-state index contributed by atoms with van der Waals surface area (Å²) in [6, 6.07) is 0.674. The van der Waals surface area contributed by atoms with E-state index in [4.69, 9.17) is 0 Å². The molecule has 1 saturated heterocycles. The van der Waals surface area contributed by atoms with Crippen molar-refractivity contribution in [2.45, 2.75) is 30.5 Å². The minimum Gasteiger partial charge on any atom is -0.317 e. The van der Waals surface area contributed by atoms with Crippen LogP contribution in [0.5, 0.6) is 0 Å². The third-order valence-electron chi connectivity index (χ3n) is 3.26. The van der Waals surface area contributed by atoms with Crippen LogP contribution in [0.15, 0.2) is 17.4 Å². The van der Waals surface area contributed by atoms with Crippen LogP contribution in [0.1, 0.15) is 18.5 Å². The van der Waals surface area contributed by atoms with Crippen molar-refractivity contribution in [1.29, 1.82) is 0 Å². The van der Waals surface area contributed by atoms with Crippen molar-refractivity contribution in [3.05, 3.63) is 18.1 Å². The zero-order chi connectivity index (χ0) is 12.1. The second-order valence-electron chi connectivity index (χ2n) is 4.41. The van der Waals surface area contributed by atoms with Crippen LogP contribution in [-0.2, 0) is 6.54 Å². The quantitative estimate of drug-likeness (QED) is 0.820. The van der Waals surface area contributed by atoms with E-state index in [1.54, 1.807) is 24.2 Å². The molecule has 1 aliphatic heterocycles. The maximum atomic E-state index is 4.44. The summed E-state index contributed by atoms with van der Waals surface area (Å²) in [6.45, 7) is 3.16. The maximum Gasteiger partial charge on any atom is 0.119 e. The van der Waals surface area contributed by atoms with Gasteiger partial charge in [0.25, 0.3) is 0 Å². The lowest BCUT2D eigenvalue weighted by Gasteiger charge is -2.31. The van der Waals surface area contributed by atoms with Crippen LogP contribution in [-0.4, -0.2) is 47.3 Å². The lowest BCUT2D eigenvalue weighted by molar-refractivity contribution is 0.188. The van der Waals surface area contributed by atoms with Crippen LogP contribution in [0.2, 0.25) is 0 Å². The van der Waals surface area contributed by atoms with Crippen molar-refractivity contribution in [3.8, 4) is 0 Å². The number of rotatable bonds is 4. The Morgan fingerprint density at radius 2 is 2.06 bits per heavy atom. The van der Waals surface area contributed by atoms with Crippen LogP contribution >= 0.6 is 11.8 Å². The fourth-order valence-electron chi connectivity index (χ4n) is 2.25. The molecule has 0 bridgehead atoms. The first-order valence-corrected chi connectivity index (χ1v) is 7.28. The summed E-state index contributed by atoms with van der Waals surface area (Å²) in [6.07, 6.45) is 8.06. The van der Waals surface area contributed by atoms with Crippen molar-refractivity contribution in [2.75, 3.05) is 26.4 Å². The molecule has 0 saturated carbocycles. The number of thioether (sulfide) groups is 1. The van der Waals surface area contributed by atoms with Crippen LogP contribution in [0, 0.1) is 0 Å². The first-order valence-electron chi connectivity index (χ1n) is 6.06. The number of nitrogens with one attached hydrogen (secondary N) is 1. The first-order chi connectivity index (χ1) is 8.31. The molecular weight excluding hydrogens is 232 g/mol. The highest BCUT2D eigenvalue weighted by Gasteiger charge is 2.19. The summed E-state index contributed by atoms with van der Waals surface area (Å²) in [5.74, 6) is 0. The van der Waals surface area contributed by atoms with E-state index in [1.165, 1.54) is 12.8 Å². The number of aromatic nitrogens is 2. The summed E-state index contributed by atoms with van der Waals surface area (Å²) < 4.78 is 0. The molecule has 1 aromatic heterocycles. The molecule has 1 aromatic rings. The second kappa shape index (κ2) is 6.33. The second-order valence-corrected chi connectivity index (χ2v) is 5.20. The molecule has 4 nitrogen and oxygen atoms in total. The van der Waals surface area contributed by atoms with Gasteiger partial charge in [-0.3, -0.25) is 9.88 Å². The molecule has 0 aromatic carbocycles. The maximum absolute atomic E-state index is 4.44. The highest BCUT2D eigenvalue weighted by Crippen LogP contribution is 2.18. The fraction of sp³-hybridized carbons (Fsp3) is 0.667. The molecule has 1 fully saturated rings. The molecule has 94 valence electrons. The standard InChI is InChI=1S/C12H20N4S/c1-16(10-3-5-13-6-4-10)9-11-12(17-2)15-8-7-14-11/h7-8,10,13H,3-6,9H2,1-2H3. The van der Waals surface area contributed by atoms with E-state index in [0.29, 0.717) is 6.04 Å². The van der Waals surface area contributed by atoms with Crippen molar-refractivity contribution in [1.82, 2.24) is 20.2 Å². The minimum atomic E-state index is 0.674. The summed E-state index contributed by atoms with van der Waals surface area (Å²) in [7, 11) is 2.19. The van der Waals surface area contributed by atoms with Crippen LogP contribution in [0.4, 0.5) is 0 Å². The van der Waals surface area contributed by atoms with Crippen LogP contribution in [0.25, 0.3) is 0 Å². The summed E-state index contributed by atoms with van der Waals surface area (Å²) in [5, 5.41) is 4.45. The van der Waals surface area contributed by atoms with Crippen molar-refractivity contribution >= 4 is 11.8 Å². The van der Waals surface area contributed by atoms with Crippen molar-refractivity contribution in [3.63, 3.8) is 0 Å². The molecule has 1 N–H and O–H groups in total. The van der Waals surface area contributed by atoms with E-state index in [9.17, 15) is 0 Å². The largest absolute Gasteiger partial charge is 0.317 e. The van der Waals surface area contributed by atoms with E-state index in [0.717, 1.165) is 30.4 Å². The molecule has 0 aliphatic carbocycles. The molecule has 2 rings (SSSR count). The molecular formula is C12H20N4S. The van der Waals surface area contributed by atoms with E-state index < -0.39 is 0 Å². The predicted octanol–water partition coefficient (Wildman–Crippen LogP) is 1.38. The molecule has 0 atom stereocenters. The third-order valence-corrected chi connectivity index (χ3v) is 3.99. The topological polar surface area (TPSA) is 41.1 Å². The normalized spacial score (nSPS) is 17.6. The van der Waals surface area contributed by atoms with E-state index in [2.05, 4.69) is 33.5 Å². The number of hydrogen-bond donors (Lipinski definition) is 1. The Hall–Kier alpha value is -0.650. The highest BCUT2D eigenvalue weighted by molar-refractivity contribution is 7.98. The van der Waals surface area contributed by atoms with E-state index in [-0.39, 0.29) is 0 Å². The van der Waals surface area contributed by atoms with Gasteiger partial charge in [-0.2, -0.15) is 0 Å². The van der Waals surface area contributed by atoms with Gasteiger partial charge in [0.1, 0.15) is 5.03 Å². The Morgan fingerprint density at radius 1 is 1.35 bits per heavy atom. The van der Waals surface area contributed by atoms with Crippen molar-refractivity contribution < 1.29 is 0 Å². The third kappa shape index (κ3) is 3.40. The Balaban J connectivity index is 1.99. The Kier molecular flexibility index (Phi) is 4.76. The zero-order valence-corrected chi connectivity index (χ0v) is 11.3. The smallest absolute Gasteiger partial charge is 0.119 e. The van der Waals surface area contributed by atoms with Gasteiger partial charge in [-0.05, 0) is 39.2 Å². The molecule has 0 amide bonds. The predicted molar refractivity (Wildman–Crippen MR) is 71.2 cm³/mol. The van der Waals surface area contributed by atoms with Gasteiger partial charge in [0, 0.05) is 25.0 Å². The lowest BCUT2D eigenvalue weighted by Crippen LogP contribution is -2.40.